The van der Waals surface area contributed by atoms with E-state index in [2.05, 4.69) is 5.32 Å². The summed E-state index contributed by atoms with van der Waals surface area (Å²) >= 11 is 0. The highest BCUT2D eigenvalue weighted by atomic mass is 16.4. The van der Waals surface area contributed by atoms with Crippen LogP contribution in [-0.2, 0) is 4.79 Å². The van der Waals surface area contributed by atoms with Crippen molar-refractivity contribution < 1.29 is 15.0 Å². The lowest BCUT2D eigenvalue weighted by Crippen LogP contribution is -2.12. The lowest BCUT2D eigenvalue weighted by Gasteiger charge is -2.04. The fourth-order valence-electron chi connectivity index (χ4n) is 0.897. The van der Waals surface area contributed by atoms with Gasteiger partial charge in [-0.3, -0.25) is 4.79 Å². The lowest BCUT2D eigenvalue weighted by molar-refractivity contribution is -0.134. The number of carboxylic acids is 1. The standard InChI is InChI=1S/C9H11NO3/c1-6-2-3-7(4-8(6)11)10-5-9(12)13/h2-4,10-11H,5H2,1H3,(H,12,13). The maximum atomic E-state index is 10.2. The second-order valence-electron chi connectivity index (χ2n) is 2.75. The third kappa shape index (κ3) is 2.66. The molecule has 0 radical (unpaired) electrons. The quantitative estimate of drug-likeness (QED) is 0.655. The number of aliphatic carboxylic acids is 1. The van der Waals surface area contributed by atoms with Crippen LogP contribution in [-0.4, -0.2) is 22.7 Å². The van der Waals surface area contributed by atoms with Crippen molar-refractivity contribution in [1.29, 1.82) is 0 Å². The molecule has 1 aromatic carbocycles. The number of phenols is 1. The van der Waals surface area contributed by atoms with Crippen LogP contribution < -0.4 is 5.32 Å². The van der Waals surface area contributed by atoms with Crippen LogP contribution in [0.2, 0.25) is 0 Å². The van der Waals surface area contributed by atoms with Crippen LogP contribution >= 0.6 is 0 Å². The predicted octanol–water partition coefficient (Wildman–Crippen LogP) is 1.20. The number of nitrogens with one attached hydrogen (secondary N) is 1. The van der Waals surface area contributed by atoms with E-state index in [1.54, 1.807) is 19.1 Å². The molecule has 0 atom stereocenters. The minimum Gasteiger partial charge on any atom is -0.508 e. The van der Waals surface area contributed by atoms with Gasteiger partial charge >= 0.3 is 5.97 Å². The fraction of sp³-hybridized carbons (Fsp3) is 0.222. The first-order valence-corrected chi connectivity index (χ1v) is 3.85. The molecule has 0 aromatic heterocycles. The molecule has 4 nitrogen and oxygen atoms in total. The van der Waals surface area contributed by atoms with Crippen molar-refractivity contribution in [1.82, 2.24) is 0 Å². The largest absolute Gasteiger partial charge is 0.508 e. The Bertz CT molecular complexity index is 323. The normalized spacial score (nSPS) is 9.62. The Labute approximate surface area is 75.8 Å². The number of carboxylic acid groups (broad SMARTS) is 1. The van der Waals surface area contributed by atoms with Gasteiger partial charge in [-0.2, -0.15) is 0 Å². The number of hydrogen-bond acceptors (Lipinski definition) is 3. The molecule has 0 aliphatic heterocycles. The van der Waals surface area contributed by atoms with Crippen molar-refractivity contribution in [3.63, 3.8) is 0 Å². The van der Waals surface area contributed by atoms with Crippen LogP contribution in [0, 0.1) is 6.92 Å². The molecule has 0 fully saturated rings. The van der Waals surface area contributed by atoms with Gasteiger partial charge in [-0.05, 0) is 18.6 Å². The zero-order valence-corrected chi connectivity index (χ0v) is 7.24. The van der Waals surface area contributed by atoms with Crippen molar-refractivity contribution in [3.8, 4) is 5.75 Å². The van der Waals surface area contributed by atoms with E-state index >= 15 is 0 Å². The summed E-state index contributed by atoms with van der Waals surface area (Å²) in [6.45, 7) is 1.62. The van der Waals surface area contributed by atoms with Crippen LogP contribution in [0.5, 0.6) is 5.75 Å². The molecular formula is C9H11NO3. The van der Waals surface area contributed by atoms with Gasteiger partial charge in [-0.15, -0.1) is 0 Å². The summed E-state index contributed by atoms with van der Waals surface area (Å²) in [6, 6.07) is 4.94. The molecule has 0 unspecified atom stereocenters. The summed E-state index contributed by atoms with van der Waals surface area (Å²) in [7, 11) is 0. The Morgan fingerprint density at radius 1 is 1.54 bits per heavy atom. The van der Waals surface area contributed by atoms with Crippen LogP contribution in [0.4, 0.5) is 5.69 Å². The topological polar surface area (TPSA) is 69.6 Å². The first-order chi connectivity index (χ1) is 6.09. The number of benzene rings is 1. The fourth-order valence-corrected chi connectivity index (χ4v) is 0.897. The van der Waals surface area contributed by atoms with Crippen LogP contribution in [0.3, 0.4) is 0 Å². The molecule has 70 valence electrons. The molecule has 0 saturated carbocycles. The number of carbonyl (C=O) groups is 1. The minimum absolute atomic E-state index is 0.150. The molecule has 0 bridgehead atoms. The van der Waals surface area contributed by atoms with Gasteiger partial charge in [0.25, 0.3) is 0 Å². The van der Waals surface area contributed by atoms with Crippen molar-refractivity contribution in [3.05, 3.63) is 23.8 Å². The minimum atomic E-state index is -0.930. The highest BCUT2D eigenvalue weighted by Gasteiger charge is 1.99. The summed E-state index contributed by atoms with van der Waals surface area (Å²) in [4.78, 5) is 10.2. The van der Waals surface area contributed by atoms with E-state index in [4.69, 9.17) is 5.11 Å². The zero-order chi connectivity index (χ0) is 9.84. The van der Waals surface area contributed by atoms with E-state index < -0.39 is 5.97 Å². The Morgan fingerprint density at radius 3 is 2.77 bits per heavy atom. The molecular weight excluding hydrogens is 170 g/mol. The van der Waals surface area contributed by atoms with Crippen LogP contribution in [0.1, 0.15) is 5.56 Å². The number of rotatable bonds is 3. The van der Waals surface area contributed by atoms with Crippen molar-refractivity contribution >= 4 is 11.7 Å². The summed E-state index contributed by atoms with van der Waals surface area (Å²) in [5.41, 5.74) is 1.37. The number of anilines is 1. The summed E-state index contributed by atoms with van der Waals surface area (Å²) in [5, 5.41) is 20.3. The molecule has 0 aliphatic carbocycles. The Morgan fingerprint density at radius 2 is 2.23 bits per heavy atom. The second kappa shape index (κ2) is 3.80. The molecule has 0 spiro atoms. The summed E-state index contributed by atoms with van der Waals surface area (Å²) in [5.74, 6) is -0.768. The maximum Gasteiger partial charge on any atom is 0.322 e. The smallest absolute Gasteiger partial charge is 0.322 e. The molecule has 4 heteroatoms. The molecule has 1 aromatic rings. The highest BCUT2D eigenvalue weighted by Crippen LogP contribution is 2.20. The number of aryl methyl sites for hydroxylation is 1. The highest BCUT2D eigenvalue weighted by molar-refractivity contribution is 5.73. The molecule has 0 aliphatic rings. The van der Waals surface area contributed by atoms with E-state index in [1.165, 1.54) is 6.07 Å². The van der Waals surface area contributed by atoms with Gasteiger partial charge in [-0.1, -0.05) is 6.07 Å². The summed E-state index contributed by atoms with van der Waals surface area (Å²) < 4.78 is 0. The van der Waals surface area contributed by atoms with Gasteiger partial charge < -0.3 is 15.5 Å². The average molecular weight is 181 g/mol. The Hall–Kier alpha value is -1.71. The van der Waals surface area contributed by atoms with E-state index in [0.29, 0.717) is 5.69 Å². The molecule has 0 saturated heterocycles. The van der Waals surface area contributed by atoms with E-state index in [0.717, 1.165) is 5.56 Å². The van der Waals surface area contributed by atoms with E-state index in [1.807, 2.05) is 0 Å². The maximum absolute atomic E-state index is 10.2. The van der Waals surface area contributed by atoms with Crippen molar-refractivity contribution in [2.24, 2.45) is 0 Å². The van der Waals surface area contributed by atoms with Gasteiger partial charge in [-0.25, -0.2) is 0 Å². The van der Waals surface area contributed by atoms with Crippen LogP contribution in [0.25, 0.3) is 0 Å². The molecule has 13 heavy (non-hydrogen) atoms. The second-order valence-corrected chi connectivity index (χ2v) is 2.75. The van der Waals surface area contributed by atoms with Crippen LogP contribution in [0.15, 0.2) is 18.2 Å². The third-order valence-electron chi connectivity index (χ3n) is 1.65. The van der Waals surface area contributed by atoms with E-state index in [9.17, 15) is 9.90 Å². The van der Waals surface area contributed by atoms with Gasteiger partial charge in [0, 0.05) is 11.8 Å². The Balaban J connectivity index is 2.68. The number of phenolic OH excluding ortho intramolecular Hbond substituents is 1. The van der Waals surface area contributed by atoms with Gasteiger partial charge in [0.15, 0.2) is 0 Å². The first kappa shape index (κ1) is 9.38. The van der Waals surface area contributed by atoms with Gasteiger partial charge in [0.05, 0.1) is 0 Å². The first-order valence-electron chi connectivity index (χ1n) is 3.85. The van der Waals surface area contributed by atoms with E-state index in [-0.39, 0.29) is 12.3 Å². The van der Waals surface area contributed by atoms with Gasteiger partial charge in [0.1, 0.15) is 12.3 Å². The molecule has 1 rings (SSSR count). The average Bonchev–Trinajstić information content (AvgIpc) is 2.07. The zero-order valence-electron chi connectivity index (χ0n) is 7.24. The SMILES string of the molecule is Cc1ccc(NCC(=O)O)cc1O. The van der Waals surface area contributed by atoms with Crippen molar-refractivity contribution in [2.45, 2.75) is 6.92 Å². The number of aromatic hydroxyl groups is 1. The monoisotopic (exact) mass is 181 g/mol. The third-order valence-corrected chi connectivity index (χ3v) is 1.65. The molecule has 0 amide bonds. The number of hydrogen-bond donors (Lipinski definition) is 3. The van der Waals surface area contributed by atoms with Crippen molar-refractivity contribution in [2.75, 3.05) is 11.9 Å². The molecule has 0 heterocycles. The lowest BCUT2D eigenvalue weighted by atomic mass is 10.2. The van der Waals surface area contributed by atoms with Gasteiger partial charge in [0.2, 0.25) is 0 Å². The Kier molecular flexibility index (Phi) is 2.74. The summed E-state index contributed by atoms with van der Waals surface area (Å²) in [6.07, 6.45) is 0. The molecule has 3 N–H and O–H groups in total. The predicted molar refractivity (Wildman–Crippen MR) is 49.0 cm³/mol.